The largest absolute Gasteiger partial charge is 0.341 e. The van der Waals surface area contributed by atoms with Crippen LogP contribution in [0.3, 0.4) is 0 Å². The van der Waals surface area contributed by atoms with Gasteiger partial charge in [-0.05, 0) is 52.2 Å². The van der Waals surface area contributed by atoms with E-state index >= 15 is 0 Å². The predicted molar refractivity (Wildman–Crippen MR) is 78.2 cm³/mol. The van der Waals surface area contributed by atoms with Gasteiger partial charge in [-0.25, -0.2) is 0 Å². The molecule has 2 unspecified atom stereocenters. The van der Waals surface area contributed by atoms with E-state index in [2.05, 4.69) is 24.1 Å². The van der Waals surface area contributed by atoms with Crippen molar-refractivity contribution in [3.8, 4) is 0 Å². The van der Waals surface area contributed by atoms with Crippen molar-refractivity contribution in [3.05, 3.63) is 0 Å². The van der Waals surface area contributed by atoms with Crippen molar-refractivity contribution >= 4 is 5.91 Å². The van der Waals surface area contributed by atoms with Gasteiger partial charge in [-0.3, -0.25) is 4.79 Å². The van der Waals surface area contributed by atoms with Crippen molar-refractivity contribution in [2.75, 3.05) is 32.7 Å². The fourth-order valence-corrected chi connectivity index (χ4v) is 3.32. The summed E-state index contributed by atoms with van der Waals surface area (Å²) >= 11 is 0. The highest BCUT2D eigenvalue weighted by Gasteiger charge is 2.23. The Morgan fingerprint density at radius 3 is 2.79 bits per heavy atom. The number of nitrogens with one attached hydrogen (secondary N) is 1. The van der Waals surface area contributed by atoms with Crippen molar-refractivity contribution in [1.29, 1.82) is 0 Å². The molecule has 110 valence electrons. The lowest BCUT2D eigenvalue weighted by molar-refractivity contribution is -0.128. The Balaban J connectivity index is 1.72. The summed E-state index contributed by atoms with van der Waals surface area (Å²) in [5.74, 6) is 0.340. The van der Waals surface area contributed by atoms with E-state index < -0.39 is 0 Å². The molecule has 4 heteroatoms. The van der Waals surface area contributed by atoms with E-state index in [0.717, 1.165) is 25.9 Å². The molecule has 4 nitrogen and oxygen atoms in total. The van der Waals surface area contributed by atoms with Crippen molar-refractivity contribution in [2.45, 2.75) is 58.0 Å². The van der Waals surface area contributed by atoms with Gasteiger partial charge in [-0.15, -0.1) is 0 Å². The molecule has 0 saturated carbocycles. The fourth-order valence-electron chi connectivity index (χ4n) is 3.32. The Morgan fingerprint density at radius 2 is 2.11 bits per heavy atom. The highest BCUT2D eigenvalue weighted by molar-refractivity contribution is 5.78. The topological polar surface area (TPSA) is 35.6 Å². The van der Waals surface area contributed by atoms with Crippen LogP contribution >= 0.6 is 0 Å². The van der Waals surface area contributed by atoms with Crippen LogP contribution in [0.1, 0.15) is 46.0 Å². The summed E-state index contributed by atoms with van der Waals surface area (Å²) in [6, 6.07) is 1.05. The number of hydrogen-bond donors (Lipinski definition) is 1. The highest BCUT2D eigenvalue weighted by atomic mass is 16.2. The average Bonchev–Trinajstić information content (AvgIpc) is 2.66. The highest BCUT2D eigenvalue weighted by Crippen LogP contribution is 2.13. The van der Waals surface area contributed by atoms with E-state index in [4.69, 9.17) is 0 Å². The summed E-state index contributed by atoms with van der Waals surface area (Å²) in [7, 11) is 0. The van der Waals surface area contributed by atoms with Gasteiger partial charge in [-0.1, -0.05) is 6.92 Å². The molecule has 2 aliphatic rings. The van der Waals surface area contributed by atoms with E-state index in [1.807, 2.05) is 4.90 Å². The van der Waals surface area contributed by atoms with E-state index in [1.165, 1.54) is 38.9 Å². The Labute approximate surface area is 117 Å². The van der Waals surface area contributed by atoms with E-state index in [-0.39, 0.29) is 0 Å². The first-order chi connectivity index (χ1) is 9.19. The molecule has 2 aliphatic heterocycles. The molecule has 0 spiro atoms. The van der Waals surface area contributed by atoms with Gasteiger partial charge in [0.05, 0.1) is 0 Å². The molecule has 19 heavy (non-hydrogen) atoms. The summed E-state index contributed by atoms with van der Waals surface area (Å²) in [4.78, 5) is 16.2. The van der Waals surface area contributed by atoms with Crippen LogP contribution in [-0.4, -0.2) is 60.5 Å². The second kappa shape index (κ2) is 7.25. The molecule has 0 aliphatic carbocycles. The molecule has 2 heterocycles. The normalized spacial score (nSPS) is 27.6. The number of hydrogen-bond acceptors (Lipinski definition) is 3. The maximum Gasteiger partial charge on any atom is 0.222 e. The molecule has 2 fully saturated rings. The summed E-state index contributed by atoms with van der Waals surface area (Å²) in [6.45, 7) is 9.93. The quantitative estimate of drug-likeness (QED) is 0.819. The molecule has 2 rings (SSSR count). The van der Waals surface area contributed by atoms with Gasteiger partial charge >= 0.3 is 0 Å². The summed E-state index contributed by atoms with van der Waals surface area (Å²) in [5, 5.41) is 3.73. The third-order valence-corrected chi connectivity index (χ3v) is 4.45. The minimum atomic E-state index is 0.340. The van der Waals surface area contributed by atoms with Crippen molar-refractivity contribution in [2.24, 2.45) is 0 Å². The van der Waals surface area contributed by atoms with Gasteiger partial charge in [-0.2, -0.15) is 0 Å². The second-order valence-electron chi connectivity index (χ2n) is 6.07. The van der Waals surface area contributed by atoms with Gasteiger partial charge in [0.15, 0.2) is 0 Å². The minimum absolute atomic E-state index is 0.340. The van der Waals surface area contributed by atoms with Crippen LogP contribution < -0.4 is 5.32 Å². The van der Waals surface area contributed by atoms with E-state index in [1.54, 1.807) is 0 Å². The lowest BCUT2D eigenvalue weighted by atomic mass is 10.1. The molecule has 0 radical (unpaired) electrons. The Morgan fingerprint density at radius 1 is 1.26 bits per heavy atom. The van der Waals surface area contributed by atoms with Gasteiger partial charge in [0.25, 0.3) is 0 Å². The molecule has 1 amide bonds. The smallest absolute Gasteiger partial charge is 0.222 e. The maximum atomic E-state index is 11.6. The number of amides is 1. The van der Waals surface area contributed by atoms with Crippen LogP contribution in [0.5, 0.6) is 0 Å². The number of rotatable bonds is 5. The van der Waals surface area contributed by atoms with Gasteiger partial charge in [0.2, 0.25) is 5.91 Å². The summed E-state index contributed by atoms with van der Waals surface area (Å²) < 4.78 is 0. The molecular formula is C15H29N3O. The zero-order chi connectivity index (χ0) is 13.7. The molecular weight excluding hydrogens is 238 g/mol. The lowest BCUT2D eigenvalue weighted by Crippen LogP contribution is -2.44. The number of carbonyl (C=O) groups excluding carboxylic acids is 1. The van der Waals surface area contributed by atoms with Crippen LogP contribution in [0, 0.1) is 0 Å². The molecule has 1 N–H and O–H groups in total. The van der Waals surface area contributed by atoms with Crippen molar-refractivity contribution < 1.29 is 4.79 Å². The van der Waals surface area contributed by atoms with Crippen LogP contribution in [0.2, 0.25) is 0 Å². The lowest BCUT2D eigenvalue weighted by Gasteiger charge is -2.26. The second-order valence-corrected chi connectivity index (χ2v) is 6.07. The maximum absolute atomic E-state index is 11.6. The number of likely N-dealkylation sites (tertiary alicyclic amines) is 2. The standard InChI is InChI=1S/C15H29N3O/c1-3-17-9-4-6-14(8-11-17)16-13(2)12-18-10-5-7-15(18)19/h13-14,16H,3-12H2,1-2H3. The van der Waals surface area contributed by atoms with Gasteiger partial charge in [0.1, 0.15) is 0 Å². The van der Waals surface area contributed by atoms with Crippen LogP contribution in [-0.2, 0) is 4.79 Å². The van der Waals surface area contributed by atoms with Crippen LogP contribution in [0.4, 0.5) is 0 Å². The Kier molecular flexibility index (Phi) is 5.64. The minimum Gasteiger partial charge on any atom is -0.341 e. The Bertz CT molecular complexity index is 295. The molecule has 0 aromatic heterocycles. The molecule has 0 aromatic carbocycles. The van der Waals surface area contributed by atoms with Crippen LogP contribution in [0.15, 0.2) is 0 Å². The number of nitrogens with zero attached hydrogens (tertiary/aromatic N) is 2. The zero-order valence-corrected chi connectivity index (χ0v) is 12.5. The first-order valence-corrected chi connectivity index (χ1v) is 7.95. The predicted octanol–water partition coefficient (Wildman–Crippen LogP) is 1.46. The number of carbonyl (C=O) groups is 1. The van der Waals surface area contributed by atoms with Crippen molar-refractivity contribution in [1.82, 2.24) is 15.1 Å². The third-order valence-electron chi connectivity index (χ3n) is 4.45. The molecule has 2 saturated heterocycles. The summed E-state index contributed by atoms with van der Waals surface area (Å²) in [6.07, 6.45) is 5.60. The molecule has 0 aromatic rings. The zero-order valence-electron chi connectivity index (χ0n) is 12.5. The SMILES string of the molecule is CCN1CCCC(NC(C)CN2CCCC2=O)CC1. The van der Waals surface area contributed by atoms with Gasteiger partial charge < -0.3 is 15.1 Å². The van der Waals surface area contributed by atoms with Gasteiger partial charge in [0, 0.05) is 31.6 Å². The fraction of sp³-hybridized carbons (Fsp3) is 0.933. The Hall–Kier alpha value is -0.610. The summed E-state index contributed by atoms with van der Waals surface area (Å²) in [5.41, 5.74) is 0. The first kappa shape index (κ1) is 14.8. The van der Waals surface area contributed by atoms with Crippen LogP contribution in [0.25, 0.3) is 0 Å². The van der Waals surface area contributed by atoms with E-state index in [0.29, 0.717) is 18.0 Å². The average molecular weight is 267 g/mol. The molecule has 0 bridgehead atoms. The molecule has 2 atom stereocenters. The monoisotopic (exact) mass is 267 g/mol. The van der Waals surface area contributed by atoms with E-state index in [9.17, 15) is 4.79 Å². The first-order valence-electron chi connectivity index (χ1n) is 7.95. The van der Waals surface area contributed by atoms with Crippen molar-refractivity contribution in [3.63, 3.8) is 0 Å². The third kappa shape index (κ3) is 4.46.